The summed E-state index contributed by atoms with van der Waals surface area (Å²) in [6.45, 7) is 5.39. The zero-order valence-electron chi connectivity index (χ0n) is 16.1. The number of benzene rings is 2. The molecule has 0 spiro atoms. The highest BCUT2D eigenvalue weighted by Crippen LogP contribution is 2.17. The van der Waals surface area contributed by atoms with Crippen LogP contribution in [0.25, 0.3) is 0 Å². The molecule has 0 aliphatic rings. The normalized spacial score (nSPS) is 10.4. The van der Waals surface area contributed by atoms with Gasteiger partial charge in [0.2, 0.25) is 5.95 Å². The van der Waals surface area contributed by atoms with Gasteiger partial charge in [0.05, 0.1) is 0 Å². The van der Waals surface area contributed by atoms with Crippen molar-refractivity contribution in [2.75, 3.05) is 10.6 Å². The Balaban J connectivity index is 1.79. The van der Waals surface area contributed by atoms with Crippen molar-refractivity contribution in [1.29, 1.82) is 0 Å². The monoisotopic (exact) mass is 374 g/mol. The van der Waals surface area contributed by atoms with Crippen molar-refractivity contribution in [3.63, 3.8) is 0 Å². The van der Waals surface area contributed by atoms with Crippen molar-refractivity contribution in [3.05, 3.63) is 77.1 Å². The first-order valence-corrected chi connectivity index (χ1v) is 9.08. The second-order valence-corrected chi connectivity index (χ2v) is 6.48. The Morgan fingerprint density at radius 3 is 2.39 bits per heavy atom. The molecular weight excluding hydrogens is 352 g/mol. The topological polar surface area (TPSA) is 84.0 Å². The zero-order chi connectivity index (χ0) is 20.1. The van der Waals surface area contributed by atoms with E-state index in [0.717, 1.165) is 12.1 Å². The van der Waals surface area contributed by atoms with Gasteiger partial charge in [0.25, 0.3) is 5.91 Å². The maximum absolute atomic E-state index is 12.6. The Morgan fingerprint density at radius 1 is 0.964 bits per heavy atom. The molecule has 142 valence electrons. The molecule has 1 heterocycles. The van der Waals surface area contributed by atoms with E-state index < -0.39 is 0 Å². The van der Waals surface area contributed by atoms with E-state index in [1.165, 1.54) is 12.5 Å². The van der Waals surface area contributed by atoms with Gasteiger partial charge in [-0.2, -0.15) is 0 Å². The van der Waals surface area contributed by atoms with Gasteiger partial charge in [-0.05, 0) is 56.2 Å². The quantitative estimate of drug-likeness (QED) is 0.619. The number of rotatable bonds is 6. The zero-order valence-corrected chi connectivity index (χ0v) is 16.1. The van der Waals surface area contributed by atoms with Gasteiger partial charge in [-0.25, -0.2) is 9.97 Å². The molecule has 0 unspecified atom stereocenters. The van der Waals surface area contributed by atoms with Crippen LogP contribution in [0.1, 0.15) is 46.0 Å². The number of aromatic nitrogens is 2. The van der Waals surface area contributed by atoms with E-state index in [0.29, 0.717) is 22.9 Å². The molecule has 0 saturated carbocycles. The highest BCUT2D eigenvalue weighted by Gasteiger charge is 2.12. The highest BCUT2D eigenvalue weighted by molar-refractivity contribution is 6.04. The summed E-state index contributed by atoms with van der Waals surface area (Å²) in [7, 11) is 0. The van der Waals surface area contributed by atoms with Gasteiger partial charge >= 0.3 is 0 Å². The number of Topliss-reactive ketones (excluding diaryl/α,β-unsaturated/α-hetero) is 1. The van der Waals surface area contributed by atoms with Gasteiger partial charge < -0.3 is 10.6 Å². The Morgan fingerprint density at radius 2 is 1.71 bits per heavy atom. The summed E-state index contributed by atoms with van der Waals surface area (Å²) >= 11 is 0. The summed E-state index contributed by atoms with van der Waals surface area (Å²) in [5.41, 5.74) is 4.08. The number of nitrogens with zero attached hydrogens (tertiary/aromatic N) is 2. The van der Waals surface area contributed by atoms with Gasteiger partial charge in [-0.1, -0.05) is 31.2 Å². The smallest absolute Gasteiger partial charge is 0.274 e. The molecular formula is C22H22N4O2. The van der Waals surface area contributed by atoms with Crippen LogP contribution in [0.2, 0.25) is 0 Å². The Hall–Kier alpha value is -3.54. The van der Waals surface area contributed by atoms with Crippen molar-refractivity contribution >= 4 is 29.0 Å². The van der Waals surface area contributed by atoms with Crippen LogP contribution in [-0.2, 0) is 6.42 Å². The fourth-order valence-corrected chi connectivity index (χ4v) is 2.70. The first-order chi connectivity index (χ1) is 13.4. The van der Waals surface area contributed by atoms with E-state index in [4.69, 9.17) is 0 Å². The van der Waals surface area contributed by atoms with E-state index in [1.807, 2.05) is 24.3 Å². The summed E-state index contributed by atoms with van der Waals surface area (Å²) in [6.07, 6.45) is 0.969. The largest absolute Gasteiger partial charge is 0.324 e. The van der Waals surface area contributed by atoms with Gasteiger partial charge in [-0.3, -0.25) is 9.59 Å². The average molecular weight is 374 g/mol. The molecule has 0 fully saturated rings. The molecule has 6 nitrogen and oxygen atoms in total. The number of ketones is 1. The predicted molar refractivity (Wildman–Crippen MR) is 110 cm³/mol. The third-order valence-corrected chi connectivity index (χ3v) is 4.23. The summed E-state index contributed by atoms with van der Waals surface area (Å²) in [4.78, 5) is 32.8. The number of anilines is 3. The number of carbonyl (C=O) groups excluding carboxylic acids is 2. The van der Waals surface area contributed by atoms with Gasteiger partial charge in [0.15, 0.2) is 5.78 Å². The second kappa shape index (κ2) is 8.43. The highest BCUT2D eigenvalue weighted by atomic mass is 16.2. The van der Waals surface area contributed by atoms with E-state index in [2.05, 4.69) is 27.5 Å². The number of carbonyl (C=O) groups is 2. The predicted octanol–water partition coefficient (Wildman–Crippen LogP) is 4.55. The third kappa shape index (κ3) is 4.79. The summed E-state index contributed by atoms with van der Waals surface area (Å²) < 4.78 is 0. The molecule has 0 radical (unpaired) electrons. The lowest BCUT2D eigenvalue weighted by Gasteiger charge is -2.10. The van der Waals surface area contributed by atoms with Crippen molar-refractivity contribution in [3.8, 4) is 0 Å². The maximum atomic E-state index is 12.6. The lowest BCUT2D eigenvalue weighted by atomic mass is 10.1. The number of hydrogen-bond acceptors (Lipinski definition) is 5. The first-order valence-electron chi connectivity index (χ1n) is 9.08. The minimum Gasteiger partial charge on any atom is -0.324 e. The Bertz CT molecular complexity index is 1010. The molecule has 0 aliphatic heterocycles. The molecule has 28 heavy (non-hydrogen) atoms. The molecule has 1 aromatic heterocycles. The lowest BCUT2D eigenvalue weighted by molar-refractivity contribution is 0.100. The van der Waals surface area contributed by atoms with Crippen LogP contribution in [0.4, 0.5) is 17.3 Å². The first kappa shape index (κ1) is 19.2. The van der Waals surface area contributed by atoms with Gasteiger partial charge in [0, 0.05) is 22.6 Å². The van der Waals surface area contributed by atoms with E-state index in [-0.39, 0.29) is 17.4 Å². The summed E-state index contributed by atoms with van der Waals surface area (Å²) in [5, 5.41) is 5.91. The maximum Gasteiger partial charge on any atom is 0.274 e. The Kier molecular flexibility index (Phi) is 5.79. The standard InChI is InChI=1S/C22H22N4O2/c1-4-16-8-10-18(11-9-16)25-22-23-14(2)12-20(26-22)21(28)24-19-7-5-6-17(13-19)15(3)27/h5-13H,4H2,1-3H3,(H,24,28)(H,23,25,26). The van der Waals surface area contributed by atoms with Crippen LogP contribution in [0.3, 0.4) is 0 Å². The van der Waals surface area contributed by atoms with Crippen LogP contribution in [0.5, 0.6) is 0 Å². The fraction of sp³-hybridized carbons (Fsp3) is 0.182. The van der Waals surface area contributed by atoms with E-state index >= 15 is 0 Å². The second-order valence-electron chi connectivity index (χ2n) is 6.48. The van der Waals surface area contributed by atoms with E-state index in [1.54, 1.807) is 37.3 Å². The number of nitrogens with one attached hydrogen (secondary N) is 2. The van der Waals surface area contributed by atoms with Crippen LogP contribution >= 0.6 is 0 Å². The van der Waals surface area contributed by atoms with Crippen molar-refractivity contribution < 1.29 is 9.59 Å². The van der Waals surface area contributed by atoms with Crippen molar-refractivity contribution in [2.24, 2.45) is 0 Å². The molecule has 2 aromatic carbocycles. The molecule has 2 N–H and O–H groups in total. The fourth-order valence-electron chi connectivity index (χ4n) is 2.70. The molecule has 0 atom stereocenters. The number of amides is 1. The van der Waals surface area contributed by atoms with Crippen molar-refractivity contribution in [1.82, 2.24) is 9.97 Å². The lowest BCUT2D eigenvalue weighted by Crippen LogP contribution is -2.15. The van der Waals surface area contributed by atoms with Crippen molar-refractivity contribution in [2.45, 2.75) is 27.2 Å². The molecule has 0 bridgehead atoms. The van der Waals surface area contributed by atoms with Crippen LogP contribution in [0.15, 0.2) is 54.6 Å². The molecule has 1 amide bonds. The number of aryl methyl sites for hydroxylation is 2. The SMILES string of the molecule is CCc1ccc(Nc2nc(C)cc(C(=O)Nc3cccc(C(C)=O)c3)n2)cc1. The van der Waals surface area contributed by atoms with Crippen LogP contribution in [-0.4, -0.2) is 21.7 Å². The molecule has 3 aromatic rings. The number of hydrogen-bond donors (Lipinski definition) is 2. The third-order valence-electron chi connectivity index (χ3n) is 4.23. The van der Waals surface area contributed by atoms with Gasteiger partial charge in [0.1, 0.15) is 5.69 Å². The van der Waals surface area contributed by atoms with Crippen LogP contribution < -0.4 is 10.6 Å². The molecule has 3 rings (SSSR count). The minimum absolute atomic E-state index is 0.0606. The molecule has 0 saturated heterocycles. The average Bonchev–Trinajstić information content (AvgIpc) is 2.68. The Labute approximate surface area is 164 Å². The molecule has 0 aliphatic carbocycles. The minimum atomic E-state index is -0.365. The summed E-state index contributed by atoms with van der Waals surface area (Å²) in [5.74, 6) is -0.0722. The van der Waals surface area contributed by atoms with Crippen LogP contribution in [0, 0.1) is 6.92 Å². The van der Waals surface area contributed by atoms with E-state index in [9.17, 15) is 9.59 Å². The van der Waals surface area contributed by atoms with Gasteiger partial charge in [-0.15, -0.1) is 0 Å². The molecule has 6 heteroatoms. The summed E-state index contributed by atoms with van der Waals surface area (Å²) in [6, 6.07) is 16.4.